The summed E-state index contributed by atoms with van der Waals surface area (Å²) in [4.78, 5) is 22.4. The van der Waals surface area contributed by atoms with E-state index in [9.17, 15) is 9.59 Å². The van der Waals surface area contributed by atoms with Crippen molar-refractivity contribution < 1.29 is 19.1 Å². The van der Waals surface area contributed by atoms with E-state index in [-0.39, 0.29) is 11.9 Å². The average Bonchev–Trinajstić information content (AvgIpc) is 3.14. The average molecular weight is 232 g/mol. The lowest BCUT2D eigenvalue weighted by Gasteiger charge is -1.99. The first-order valence-corrected chi connectivity index (χ1v) is 5.39. The minimum atomic E-state index is -0.570. The maximum Gasteiger partial charge on any atom is 0.339 e. The van der Waals surface area contributed by atoms with Crippen molar-refractivity contribution in [2.45, 2.75) is 12.8 Å². The zero-order valence-corrected chi connectivity index (χ0v) is 9.17. The quantitative estimate of drug-likeness (QED) is 0.345. The molecule has 0 amide bonds. The van der Waals surface area contributed by atoms with Crippen LogP contribution in [0.5, 0.6) is 5.75 Å². The van der Waals surface area contributed by atoms with Gasteiger partial charge in [-0.2, -0.15) is 0 Å². The van der Waals surface area contributed by atoms with Crippen molar-refractivity contribution in [2.24, 2.45) is 5.92 Å². The molecule has 0 N–H and O–H groups in total. The molecule has 0 atom stereocenters. The normalized spacial score (nSPS) is 14.6. The van der Waals surface area contributed by atoms with Crippen molar-refractivity contribution in [3.63, 3.8) is 0 Å². The molecule has 0 aromatic heterocycles. The van der Waals surface area contributed by atoms with Crippen LogP contribution >= 0.6 is 0 Å². The maximum absolute atomic E-state index is 11.3. The van der Waals surface area contributed by atoms with Gasteiger partial charge in [0.2, 0.25) is 0 Å². The number of esters is 2. The van der Waals surface area contributed by atoms with Gasteiger partial charge in [-0.1, -0.05) is 18.2 Å². The fourth-order valence-corrected chi connectivity index (χ4v) is 1.21. The molecule has 0 saturated heterocycles. The molecule has 4 nitrogen and oxygen atoms in total. The fraction of sp³-hybridized carbons (Fsp3) is 0.231. The molecule has 0 aliphatic heterocycles. The molecule has 0 spiro atoms. The van der Waals surface area contributed by atoms with Crippen molar-refractivity contribution >= 4 is 11.9 Å². The standard InChI is InChI=1S/C13H12O4/c14-12(17-11-4-2-1-3-5-11)8-9-16-13(15)10-6-7-10/h1-5,8-10H,6-7H2. The van der Waals surface area contributed by atoms with Gasteiger partial charge in [-0.25, -0.2) is 4.79 Å². The lowest BCUT2D eigenvalue weighted by molar-refractivity contribution is -0.139. The van der Waals surface area contributed by atoms with Crippen LogP contribution in [-0.4, -0.2) is 11.9 Å². The van der Waals surface area contributed by atoms with Gasteiger partial charge in [-0.05, 0) is 25.0 Å². The van der Waals surface area contributed by atoms with E-state index >= 15 is 0 Å². The first-order chi connectivity index (χ1) is 8.25. The van der Waals surface area contributed by atoms with E-state index in [0.717, 1.165) is 25.2 Å². The molecule has 17 heavy (non-hydrogen) atoms. The van der Waals surface area contributed by atoms with Crippen LogP contribution in [0.3, 0.4) is 0 Å². The van der Waals surface area contributed by atoms with Gasteiger partial charge in [-0.15, -0.1) is 0 Å². The molecule has 1 aromatic rings. The Morgan fingerprint density at radius 3 is 2.53 bits per heavy atom. The van der Waals surface area contributed by atoms with E-state index in [2.05, 4.69) is 0 Å². The number of carbonyl (C=O) groups excluding carboxylic acids is 2. The van der Waals surface area contributed by atoms with Crippen LogP contribution < -0.4 is 4.74 Å². The smallest absolute Gasteiger partial charge is 0.339 e. The highest BCUT2D eigenvalue weighted by Crippen LogP contribution is 2.30. The molecule has 0 bridgehead atoms. The van der Waals surface area contributed by atoms with Crippen LogP contribution in [0.4, 0.5) is 0 Å². The van der Waals surface area contributed by atoms with Crippen LogP contribution in [0.2, 0.25) is 0 Å². The monoisotopic (exact) mass is 232 g/mol. The summed E-state index contributed by atoms with van der Waals surface area (Å²) in [6, 6.07) is 8.69. The Balaban J connectivity index is 1.76. The number of benzene rings is 1. The second-order valence-corrected chi connectivity index (χ2v) is 3.75. The summed E-state index contributed by atoms with van der Waals surface area (Å²) < 4.78 is 9.71. The highest BCUT2D eigenvalue weighted by atomic mass is 16.5. The van der Waals surface area contributed by atoms with Crippen LogP contribution in [0.1, 0.15) is 12.8 Å². The third kappa shape index (κ3) is 3.75. The maximum atomic E-state index is 11.3. The first kappa shape index (κ1) is 11.4. The van der Waals surface area contributed by atoms with E-state index in [0.29, 0.717) is 5.75 Å². The van der Waals surface area contributed by atoms with E-state index in [4.69, 9.17) is 9.47 Å². The third-order valence-corrected chi connectivity index (χ3v) is 2.26. The van der Waals surface area contributed by atoms with Crippen LogP contribution in [0, 0.1) is 5.92 Å². The summed E-state index contributed by atoms with van der Waals surface area (Å²) in [5.41, 5.74) is 0. The highest BCUT2D eigenvalue weighted by Gasteiger charge is 2.30. The molecule has 1 fully saturated rings. The lowest BCUT2D eigenvalue weighted by Crippen LogP contribution is -2.05. The van der Waals surface area contributed by atoms with Gasteiger partial charge in [0.25, 0.3) is 0 Å². The second kappa shape index (κ2) is 5.30. The first-order valence-electron chi connectivity index (χ1n) is 5.39. The van der Waals surface area contributed by atoms with Crippen molar-refractivity contribution in [2.75, 3.05) is 0 Å². The van der Waals surface area contributed by atoms with Gasteiger partial charge in [0.1, 0.15) is 12.0 Å². The summed E-state index contributed by atoms with van der Waals surface area (Å²) in [6.45, 7) is 0. The van der Waals surface area contributed by atoms with Gasteiger partial charge in [0.05, 0.1) is 12.0 Å². The minimum Gasteiger partial charge on any atom is -0.434 e. The number of hydrogen-bond donors (Lipinski definition) is 0. The number of carbonyl (C=O) groups is 2. The van der Waals surface area contributed by atoms with Gasteiger partial charge in [0.15, 0.2) is 0 Å². The molecule has 1 saturated carbocycles. The predicted molar refractivity (Wildman–Crippen MR) is 60.0 cm³/mol. The second-order valence-electron chi connectivity index (χ2n) is 3.75. The Hall–Kier alpha value is -2.10. The summed E-state index contributed by atoms with van der Waals surface area (Å²) >= 11 is 0. The third-order valence-electron chi connectivity index (χ3n) is 2.26. The van der Waals surface area contributed by atoms with E-state index < -0.39 is 5.97 Å². The zero-order valence-electron chi connectivity index (χ0n) is 9.17. The Labute approximate surface area is 98.8 Å². The van der Waals surface area contributed by atoms with Crippen LogP contribution in [0.15, 0.2) is 42.7 Å². The molecule has 0 radical (unpaired) electrons. The molecule has 1 aromatic carbocycles. The molecule has 1 aliphatic carbocycles. The summed E-state index contributed by atoms with van der Waals surface area (Å²) in [5, 5.41) is 0. The highest BCUT2D eigenvalue weighted by molar-refractivity contribution is 5.84. The summed E-state index contributed by atoms with van der Waals surface area (Å²) in [5.74, 6) is -0.381. The molecule has 4 heteroatoms. The Morgan fingerprint density at radius 1 is 1.18 bits per heavy atom. The molecular formula is C13H12O4. The lowest BCUT2D eigenvalue weighted by atomic mass is 10.3. The summed E-state index contributed by atoms with van der Waals surface area (Å²) in [7, 11) is 0. The molecule has 1 aliphatic rings. The SMILES string of the molecule is O=C(C=COC(=O)C1CC1)Oc1ccccc1. The van der Waals surface area contributed by atoms with Crippen molar-refractivity contribution in [1.29, 1.82) is 0 Å². The Bertz CT molecular complexity index is 432. The van der Waals surface area contributed by atoms with Gasteiger partial charge in [0, 0.05) is 0 Å². The Kier molecular flexibility index (Phi) is 3.55. The van der Waals surface area contributed by atoms with Crippen molar-refractivity contribution in [3.05, 3.63) is 42.7 Å². The van der Waals surface area contributed by atoms with Crippen LogP contribution in [-0.2, 0) is 14.3 Å². The molecule has 2 rings (SSSR count). The largest absolute Gasteiger partial charge is 0.434 e. The van der Waals surface area contributed by atoms with Crippen molar-refractivity contribution in [3.8, 4) is 5.75 Å². The van der Waals surface area contributed by atoms with E-state index in [1.165, 1.54) is 0 Å². The predicted octanol–water partition coefficient (Wildman–Crippen LogP) is 2.06. The molecular weight excluding hydrogens is 220 g/mol. The number of para-hydroxylation sites is 1. The van der Waals surface area contributed by atoms with Gasteiger partial charge in [-0.3, -0.25) is 4.79 Å². The van der Waals surface area contributed by atoms with Crippen LogP contribution in [0.25, 0.3) is 0 Å². The number of ether oxygens (including phenoxy) is 2. The summed E-state index contributed by atoms with van der Waals surface area (Å²) in [6.07, 6.45) is 3.92. The van der Waals surface area contributed by atoms with Gasteiger partial charge < -0.3 is 9.47 Å². The zero-order chi connectivity index (χ0) is 12.1. The van der Waals surface area contributed by atoms with Crippen molar-refractivity contribution in [1.82, 2.24) is 0 Å². The number of hydrogen-bond acceptors (Lipinski definition) is 4. The topological polar surface area (TPSA) is 52.6 Å². The Morgan fingerprint density at radius 2 is 1.88 bits per heavy atom. The minimum absolute atomic E-state index is 0.0183. The molecule has 88 valence electrons. The molecule has 0 unspecified atom stereocenters. The van der Waals surface area contributed by atoms with E-state index in [1.807, 2.05) is 6.07 Å². The molecule has 0 heterocycles. The number of rotatable bonds is 4. The fourth-order valence-electron chi connectivity index (χ4n) is 1.21. The van der Waals surface area contributed by atoms with Gasteiger partial charge >= 0.3 is 11.9 Å². The van der Waals surface area contributed by atoms with E-state index in [1.54, 1.807) is 24.3 Å².